The highest BCUT2D eigenvalue weighted by Crippen LogP contribution is 2.33. The van der Waals surface area contributed by atoms with E-state index in [0.29, 0.717) is 16.0 Å². The molecule has 0 saturated carbocycles. The molecule has 0 aliphatic carbocycles. The first-order valence-electron chi connectivity index (χ1n) is 4.19. The number of halogens is 1. The van der Waals surface area contributed by atoms with E-state index < -0.39 is 6.10 Å². The monoisotopic (exact) mass is 256 g/mol. The molecule has 5 heteroatoms. The van der Waals surface area contributed by atoms with Crippen LogP contribution in [0.4, 0.5) is 5.69 Å². The minimum atomic E-state index is -0.429. The minimum absolute atomic E-state index is 0.0541. The summed E-state index contributed by atoms with van der Waals surface area (Å²) >= 11 is 3.25. The summed E-state index contributed by atoms with van der Waals surface area (Å²) in [5, 5.41) is 0. The molecular weight excluding hydrogens is 248 g/mol. The molecule has 0 fully saturated rings. The lowest BCUT2D eigenvalue weighted by atomic mass is 10.2. The van der Waals surface area contributed by atoms with E-state index in [9.17, 15) is 4.79 Å². The van der Waals surface area contributed by atoms with Gasteiger partial charge in [-0.25, -0.2) is 4.98 Å². The Hall–Kier alpha value is -1.10. The number of nitrogens with zero attached hydrogens (tertiary/aromatic N) is 2. The third kappa shape index (κ3) is 1.37. The van der Waals surface area contributed by atoms with E-state index in [1.807, 2.05) is 0 Å². The van der Waals surface area contributed by atoms with E-state index >= 15 is 0 Å². The van der Waals surface area contributed by atoms with Crippen LogP contribution in [-0.2, 0) is 4.79 Å². The molecule has 74 valence electrons. The van der Waals surface area contributed by atoms with Gasteiger partial charge in [-0.15, -0.1) is 0 Å². The van der Waals surface area contributed by atoms with Gasteiger partial charge in [0.05, 0.1) is 6.20 Å². The molecule has 1 amide bonds. The van der Waals surface area contributed by atoms with E-state index in [4.69, 9.17) is 4.74 Å². The highest BCUT2D eigenvalue weighted by molar-refractivity contribution is 9.10. The highest BCUT2D eigenvalue weighted by Gasteiger charge is 2.29. The Morgan fingerprint density at radius 3 is 3.07 bits per heavy atom. The van der Waals surface area contributed by atoms with E-state index in [1.54, 1.807) is 31.1 Å². The highest BCUT2D eigenvalue weighted by atomic mass is 79.9. The lowest BCUT2D eigenvalue weighted by Gasteiger charge is -2.29. The summed E-state index contributed by atoms with van der Waals surface area (Å²) in [5.41, 5.74) is 0.705. The van der Waals surface area contributed by atoms with Gasteiger partial charge in [0, 0.05) is 13.1 Å². The zero-order chi connectivity index (χ0) is 10.3. The molecule has 0 radical (unpaired) electrons. The van der Waals surface area contributed by atoms with Crippen molar-refractivity contribution in [3.8, 4) is 5.75 Å². The van der Waals surface area contributed by atoms with Gasteiger partial charge in [-0.05, 0) is 22.9 Å². The second kappa shape index (κ2) is 3.24. The van der Waals surface area contributed by atoms with Crippen molar-refractivity contribution in [2.24, 2.45) is 0 Å². The van der Waals surface area contributed by atoms with E-state index in [0.717, 1.165) is 0 Å². The predicted octanol–water partition coefficient (Wildman–Crippen LogP) is 1.59. The summed E-state index contributed by atoms with van der Waals surface area (Å²) in [6.07, 6.45) is 1.19. The van der Waals surface area contributed by atoms with Gasteiger partial charge < -0.3 is 9.64 Å². The van der Waals surface area contributed by atoms with Crippen LogP contribution in [0.5, 0.6) is 5.75 Å². The average Bonchev–Trinajstić information content (AvgIpc) is 2.14. The Kier molecular flexibility index (Phi) is 2.19. The van der Waals surface area contributed by atoms with E-state index in [2.05, 4.69) is 20.9 Å². The molecule has 2 heterocycles. The van der Waals surface area contributed by atoms with Crippen molar-refractivity contribution in [2.45, 2.75) is 13.0 Å². The summed E-state index contributed by atoms with van der Waals surface area (Å²) in [6, 6.07) is 1.76. The number of aromatic nitrogens is 1. The second-order valence-corrected chi connectivity index (χ2v) is 3.94. The predicted molar refractivity (Wildman–Crippen MR) is 55.4 cm³/mol. The van der Waals surface area contributed by atoms with Crippen LogP contribution in [0.15, 0.2) is 16.9 Å². The van der Waals surface area contributed by atoms with Gasteiger partial charge in [0.15, 0.2) is 6.10 Å². The summed E-state index contributed by atoms with van der Waals surface area (Å²) < 4.78 is 6.13. The number of anilines is 1. The van der Waals surface area contributed by atoms with E-state index in [1.165, 1.54) is 0 Å². The number of carbonyl (C=O) groups is 1. The largest absolute Gasteiger partial charge is 0.479 e. The zero-order valence-electron chi connectivity index (χ0n) is 7.82. The summed E-state index contributed by atoms with van der Waals surface area (Å²) in [4.78, 5) is 17.1. The molecule has 1 aromatic rings. The first-order valence-corrected chi connectivity index (χ1v) is 4.98. The van der Waals surface area contributed by atoms with Crippen molar-refractivity contribution in [3.63, 3.8) is 0 Å². The van der Waals surface area contributed by atoms with Crippen molar-refractivity contribution in [2.75, 3.05) is 11.9 Å². The Balaban J connectivity index is 2.50. The van der Waals surface area contributed by atoms with Gasteiger partial charge in [0.25, 0.3) is 5.91 Å². The minimum Gasteiger partial charge on any atom is -0.479 e. The second-order valence-electron chi connectivity index (χ2n) is 3.13. The van der Waals surface area contributed by atoms with Crippen LogP contribution >= 0.6 is 15.9 Å². The quantitative estimate of drug-likeness (QED) is 0.663. The maximum Gasteiger partial charge on any atom is 0.267 e. The fourth-order valence-electron chi connectivity index (χ4n) is 1.38. The van der Waals surface area contributed by atoms with Gasteiger partial charge in [-0.2, -0.15) is 0 Å². The number of rotatable bonds is 0. The fourth-order valence-corrected chi connectivity index (χ4v) is 1.69. The van der Waals surface area contributed by atoms with Gasteiger partial charge in [0.2, 0.25) is 0 Å². The van der Waals surface area contributed by atoms with Crippen LogP contribution in [0.3, 0.4) is 0 Å². The van der Waals surface area contributed by atoms with Crippen LogP contribution in [0.1, 0.15) is 6.92 Å². The van der Waals surface area contributed by atoms with Gasteiger partial charge in [0.1, 0.15) is 16.0 Å². The summed E-state index contributed by atoms with van der Waals surface area (Å²) in [6.45, 7) is 1.73. The molecule has 2 rings (SSSR count). The fraction of sp³-hybridized carbons (Fsp3) is 0.333. The van der Waals surface area contributed by atoms with Crippen LogP contribution in [0.25, 0.3) is 0 Å². The molecule has 0 aromatic carbocycles. The summed E-state index contributed by atoms with van der Waals surface area (Å²) in [7, 11) is 1.72. The molecule has 1 aromatic heterocycles. The number of likely N-dealkylation sites (N-methyl/N-ethyl adjacent to an activating group) is 1. The van der Waals surface area contributed by atoms with Crippen LogP contribution in [0.2, 0.25) is 0 Å². The van der Waals surface area contributed by atoms with E-state index in [-0.39, 0.29) is 5.91 Å². The molecule has 1 unspecified atom stereocenters. The lowest BCUT2D eigenvalue weighted by Crippen LogP contribution is -2.42. The summed E-state index contributed by atoms with van der Waals surface area (Å²) in [5.74, 6) is 0.628. The van der Waals surface area contributed by atoms with Crippen LogP contribution in [-0.4, -0.2) is 24.0 Å². The smallest absolute Gasteiger partial charge is 0.267 e. The van der Waals surface area contributed by atoms with Crippen molar-refractivity contribution >= 4 is 27.5 Å². The first kappa shape index (κ1) is 9.45. The topological polar surface area (TPSA) is 42.4 Å². The van der Waals surface area contributed by atoms with Crippen molar-refractivity contribution in [1.82, 2.24) is 4.98 Å². The van der Waals surface area contributed by atoms with Gasteiger partial charge in [-0.3, -0.25) is 4.79 Å². The number of carbonyl (C=O) groups excluding carboxylic acids is 1. The maximum atomic E-state index is 11.5. The Bertz CT molecular complexity index is 394. The number of hydrogen-bond acceptors (Lipinski definition) is 3. The molecule has 0 saturated heterocycles. The van der Waals surface area contributed by atoms with Crippen LogP contribution < -0.4 is 9.64 Å². The molecule has 0 N–H and O–H groups in total. The molecule has 0 spiro atoms. The van der Waals surface area contributed by atoms with Gasteiger partial charge in [-0.1, -0.05) is 0 Å². The Labute approximate surface area is 90.0 Å². The third-order valence-electron chi connectivity index (χ3n) is 2.16. The normalized spacial score (nSPS) is 20.4. The molecule has 4 nitrogen and oxygen atoms in total. The molecule has 0 bridgehead atoms. The lowest BCUT2D eigenvalue weighted by molar-refractivity contribution is -0.125. The number of hydrogen-bond donors (Lipinski definition) is 0. The van der Waals surface area contributed by atoms with Crippen molar-refractivity contribution in [1.29, 1.82) is 0 Å². The van der Waals surface area contributed by atoms with Crippen molar-refractivity contribution in [3.05, 3.63) is 16.9 Å². The Morgan fingerprint density at radius 1 is 1.64 bits per heavy atom. The number of ether oxygens (including phenoxy) is 1. The maximum absolute atomic E-state index is 11.5. The Morgan fingerprint density at radius 2 is 2.36 bits per heavy atom. The molecule has 1 aliphatic heterocycles. The van der Waals surface area contributed by atoms with Gasteiger partial charge >= 0.3 is 0 Å². The number of pyridine rings is 1. The SMILES string of the molecule is CC1Oc2cc(Br)ncc2N(C)C1=O. The van der Waals surface area contributed by atoms with Crippen LogP contribution in [0, 0.1) is 0 Å². The molecule has 1 atom stereocenters. The zero-order valence-corrected chi connectivity index (χ0v) is 9.41. The standard InChI is InChI=1S/C9H9BrN2O2/c1-5-9(13)12(2)6-4-11-8(10)3-7(6)14-5/h3-5H,1-2H3. The molecule has 1 aliphatic rings. The third-order valence-corrected chi connectivity index (χ3v) is 2.59. The number of amides is 1. The number of fused-ring (bicyclic) bond motifs is 1. The molecular formula is C9H9BrN2O2. The van der Waals surface area contributed by atoms with Crippen molar-refractivity contribution < 1.29 is 9.53 Å². The molecule has 14 heavy (non-hydrogen) atoms. The average molecular weight is 257 g/mol. The first-order chi connectivity index (χ1) is 6.59.